The number of nitrogens with one attached hydrogen (secondary N) is 1. The Morgan fingerprint density at radius 1 is 1.06 bits per heavy atom. The third-order valence-electron chi connectivity index (χ3n) is 6.16. The highest BCUT2D eigenvalue weighted by atomic mass is 32.2. The van der Waals surface area contributed by atoms with Crippen molar-refractivity contribution in [1.29, 1.82) is 0 Å². The maximum Gasteiger partial charge on any atom is 0.240 e. The molecule has 1 amide bonds. The van der Waals surface area contributed by atoms with Crippen LogP contribution in [-0.2, 0) is 21.2 Å². The van der Waals surface area contributed by atoms with E-state index in [1.165, 1.54) is 6.42 Å². The lowest BCUT2D eigenvalue weighted by atomic mass is 9.70. The number of rotatable bonds is 5. The molecule has 1 aliphatic carbocycles. The van der Waals surface area contributed by atoms with Crippen LogP contribution in [-0.4, -0.2) is 24.9 Å². The number of amides is 1. The number of nitrogens with zero attached hydrogens (tertiary/aromatic N) is 1. The molecular formula is C25H30N2O3S. The number of para-hydroxylation sites is 1. The minimum atomic E-state index is -3.68. The van der Waals surface area contributed by atoms with E-state index in [1.807, 2.05) is 18.2 Å². The predicted molar refractivity (Wildman–Crippen MR) is 123 cm³/mol. The normalized spacial score (nSPS) is 21.1. The van der Waals surface area contributed by atoms with Crippen molar-refractivity contribution in [2.75, 3.05) is 0 Å². The van der Waals surface area contributed by atoms with E-state index in [9.17, 15) is 13.2 Å². The summed E-state index contributed by atoms with van der Waals surface area (Å²) in [5.41, 5.74) is 0.955. The Bertz CT molecular complexity index is 1200. The molecule has 31 heavy (non-hydrogen) atoms. The molecule has 2 aromatic carbocycles. The van der Waals surface area contributed by atoms with Gasteiger partial charge in [-0.1, -0.05) is 57.2 Å². The van der Waals surface area contributed by atoms with Crippen LogP contribution < -0.4 is 5.32 Å². The summed E-state index contributed by atoms with van der Waals surface area (Å²) in [5, 5.41) is 3.82. The highest BCUT2D eigenvalue weighted by molar-refractivity contribution is 7.91. The van der Waals surface area contributed by atoms with Crippen LogP contribution in [0.4, 0.5) is 0 Å². The lowest BCUT2D eigenvalue weighted by molar-refractivity contribution is -0.122. The van der Waals surface area contributed by atoms with Gasteiger partial charge in [0.25, 0.3) is 0 Å². The van der Waals surface area contributed by atoms with Crippen molar-refractivity contribution in [2.45, 2.75) is 62.4 Å². The van der Waals surface area contributed by atoms with E-state index in [2.05, 4.69) is 26.1 Å². The van der Waals surface area contributed by atoms with Crippen LogP contribution in [0.5, 0.6) is 0 Å². The Morgan fingerprint density at radius 2 is 1.74 bits per heavy atom. The monoisotopic (exact) mass is 438 g/mol. The lowest BCUT2D eigenvalue weighted by Gasteiger charge is -2.39. The first-order valence-electron chi connectivity index (χ1n) is 10.8. The zero-order chi connectivity index (χ0) is 22.2. The number of sulfone groups is 1. The molecule has 1 aromatic heterocycles. The van der Waals surface area contributed by atoms with Crippen LogP contribution in [0, 0.1) is 11.3 Å². The molecule has 0 bridgehead atoms. The standard InChI is InChI=1S/C25H30N2O3S/c1-18-13-19(15-25(2,3)14-18)26-24(28)17-27-16-23(21-11-7-8-12-22(21)27)31(29,30)20-9-5-4-6-10-20/h4-12,16,18-19H,13-15,17H2,1-3H3,(H,26,28). The quantitative estimate of drug-likeness (QED) is 0.622. The summed E-state index contributed by atoms with van der Waals surface area (Å²) in [7, 11) is -3.68. The SMILES string of the molecule is CC1CC(NC(=O)Cn2cc(S(=O)(=O)c3ccccc3)c3ccccc32)CC(C)(C)C1. The molecule has 0 radical (unpaired) electrons. The molecule has 3 aromatic rings. The second kappa shape index (κ2) is 8.15. The van der Waals surface area contributed by atoms with Gasteiger partial charge in [-0.25, -0.2) is 8.42 Å². The number of hydrogen-bond acceptors (Lipinski definition) is 3. The maximum absolute atomic E-state index is 13.3. The van der Waals surface area contributed by atoms with Crippen molar-refractivity contribution >= 4 is 26.6 Å². The van der Waals surface area contributed by atoms with E-state index in [0.717, 1.165) is 18.4 Å². The highest BCUT2D eigenvalue weighted by Crippen LogP contribution is 2.38. The first-order chi connectivity index (χ1) is 14.7. The number of hydrogen-bond donors (Lipinski definition) is 1. The van der Waals surface area contributed by atoms with Gasteiger partial charge in [-0.3, -0.25) is 4.79 Å². The third kappa shape index (κ3) is 4.54. The Morgan fingerprint density at radius 3 is 2.45 bits per heavy atom. The molecule has 1 aliphatic rings. The number of carbonyl (C=O) groups is 1. The third-order valence-corrected chi connectivity index (χ3v) is 7.96. The molecule has 2 unspecified atom stereocenters. The minimum Gasteiger partial charge on any atom is -0.352 e. The molecule has 2 atom stereocenters. The number of aromatic nitrogens is 1. The van der Waals surface area contributed by atoms with Gasteiger partial charge >= 0.3 is 0 Å². The van der Waals surface area contributed by atoms with Crippen LogP contribution in [0.25, 0.3) is 10.9 Å². The van der Waals surface area contributed by atoms with Gasteiger partial charge in [0, 0.05) is 23.1 Å². The van der Waals surface area contributed by atoms with E-state index in [0.29, 0.717) is 11.3 Å². The predicted octanol–water partition coefficient (Wildman–Crippen LogP) is 4.81. The first-order valence-corrected chi connectivity index (χ1v) is 12.3. The fourth-order valence-electron chi connectivity index (χ4n) is 5.17. The van der Waals surface area contributed by atoms with E-state index >= 15 is 0 Å². The molecule has 6 heteroatoms. The summed E-state index contributed by atoms with van der Waals surface area (Å²) in [6.07, 6.45) is 4.71. The molecular weight excluding hydrogens is 408 g/mol. The molecule has 0 spiro atoms. The van der Waals surface area contributed by atoms with Crippen molar-refractivity contribution in [3.8, 4) is 0 Å². The van der Waals surface area contributed by atoms with Gasteiger partial charge in [0.15, 0.2) is 0 Å². The number of fused-ring (bicyclic) bond motifs is 1. The Balaban J connectivity index is 1.61. The lowest BCUT2D eigenvalue weighted by Crippen LogP contribution is -2.44. The van der Waals surface area contributed by atoms with Crippen LogP contribution in [0.15, 0.2) is 70.6 Å². The molecule has 1 heterocycles. The van der Waals surface area contributed by atoms with Crippen LogP contribution in [0.2, 0.25) is 0 Å². The van der Waals surface area contributed by atoms with E-state index < -0.39 is 9.84 Å². The highest BCUT2D eigenvalue weighted by Gasteiger charge is 2.33. The number of carbonyl (C=O) groups excluding carboxylic acids is 1. The molecule has 1 saturated carbocycles. The van der Waals surface area contributed by atoms with Gasteiger partial charge in [-0.05, 0) is 48.8 Å². The fourth-order valence-corrected chi connectivity index (χ4v) is 6.67. The smallest absolute Gasteiger partial charge is 0.240 e. The average Bonchev–Trinajstić information content (AvgIpc) is 3.06. The van der Waals surface area contributed by atoms with Gasteiger partial charge in [0.2, 0.25) is 15.7 Å². The minimum absolute atomic E-state index is 0.0840. The summed E-state index contributed by atoms with van der Waals surface area (Å²) in [5.74, 6) is 0.489. The molecule has 0 aliphatic heterocycles. The maximum atomic E-state index is 13.3. The zero-order valence-corrected chi connectivity index (χ0v) is 19.2. The molecule has 1 fully saturated rings. The van der Waals surface area contributed by atoms with Crippen molar-refractivity contribution in [2.24, 2.45) is 11.3 Å². The summed E-state index contributed by atoms with van der Waals surface area (Å²) in [6.45, 7) is 6.83. The number of benzene rings is 2. The van der Waals surface area contributed by atoms with E-state index in [4.69, 9.17) is 0 Å². The van der Waals surface area contributed by atoms with Gasteiger partial charge < -0.3 is 9.88 Å². The van der Waals surface area contributed by atoms with Crippen molar-refractivity contribution in [3.63, 3.8) is 0 Å². The van der Waals surface area contributed by atoms with E-state index in [1.54, 1.807) is 47.2 Å². The molecule has 164 valence electrons. The van der Waals surface area contributed by atoms with Gasteiger partial charge in [0.1, 0.15) is 6.54 Å². The Kier molecular flexibility index (Phi) is 5.69. The van der Waals surface area contributed by atoms with E-state index in [-0.39, 0.29) is 33.7 Å². The van der Waals surface area contributed by atoms with Crippen LogP contribution in [0.3, 0.4) is 0 Å². The summed E-state index contributed by atoms with van der Waals surface area (Å²) >= 11 is 0. The molecule has 0 saturated heterocycles. The van der Waals surface area contributed by atoms with Crippen LogP contribution >= 0.6 is 0 Å². The van der Waals surface area contributed by atoms with Gasteiger partial charge in [-0.15, -0.1) is 0 Å². The van der Waals surface area contributed by atoms with Crippen molar-refractivity contribution in [3.05, 3.63) is 60.8 Å². The second-order valence-corrected chi connectivity index (χ2v) is 11.6. The average molecular weight is 439 g/mol. The summed E-state index contributed by atoms with van der Waals surface area (Å²) in [6, 6.07) is 15.9. The summed E-state index contributed by atoms with van der Waals surface area (Å²) in [4.78, 5) is 13.4. The Labute approximate surface area is 184 Å². The molecule has 1 N–H and O–H groups in total. The van der Waals surface area contributed by atoms with Crippen LogP contribution in [0.1, 0.15) is 40.0 Å². The second-order valence-electron chi connectivity index (χ2n) is 9.63. The van der Waals surface area contributed by atoms with Gasteiger partial charge in [-0.2, -0.15) is 0 Å². The zero-order valence-electron chi connectivity index (χ0n) is 18.3. The summed E-state index contributed by atoms with van der Waals surface area (Å²) < 4.78 is 28.3. The topological polar surface area (TPSA) is 68.2 Å². The van der Waals surface area contributed by atoms with Crippen molar-refractivity contribution in [1.82, 2.24) is 9.88 Å². The van der Waals surface area contributed by atoms with Gasteiger partial charge in [0.05, 0.1) is 9.79 Å². The largest absolute Gasteiger partial charge is 0.352 e. The van der Waals surface area contributed by atoms with Crippen molar-refractivity contribution < 1.29 is 13.2 Å². The molecule has 5 nitrogen and oxygen atoms in total. The Hall–Kier alpha value is -2.60. The fraction of sp³-hybridized carbons (Fsp3) is 0.400. The first kappa shape index (κ1) is 21.6. The molecule has 4 rings (SSSR count).